The van der Waals surface area contributed by atoms with E-state index in [1.165, 1.54) is 29.9 Å². The molecule has 0 atom stereocenters. The number of methoxy groups -OCH3 is 1. The first-order valence-corrected chi connectivity index (χ1v) is 11.0. The fourth-order valence-corrected chi connectivity index (χ4v) is 4.49. The first kappa shape index (κ1) is 20.7. The molecule has 0 amide bonds. The van der Waals surface area contributed by atoms with Crippen molar-refractivity contribution >= 4 is 60.2 Å². The van der Waals surface area contributed by atoms with Crippen molar-refractivity contribution in [1.82, 2.24) is 14.6 Å². The van der Waals surface area contributed by atoms with E-state index in [0.29, 0.717) is 31.1 Å². The van der Waals surface area contributed by atoms with Crippen LogP contribution in [-0.2, 0) is 4.79 Å². The van der Waals surface area contributed by atoms with E-state index in [9.17, 15) is 9.59 Å². The third kappa shape index (κ3) is 4.03. The molecule has 4 rings (SSSR count). The number of esters is 1. The summed E-state index contributed by atoms with van der Waals surface area (Å²) in [5.41, 5.74) is 1.27. The van der Waals surface area contributed by atoms with E-state index in [1.54, 1.807) is 18.2 Å². The molecule has 0 radical (unpaired) electrons. The summed E-state index contributed by atoms with van der Waals surface area (Å²) in [5.74, 6) is 0.689. The van der Waals surface area contributed by atoms with Crippen molar-refractivity contribution in [2.75, 3.05) is 7.11 Å². The molecule has 10 heteroatoms. The minimum absolute atomic E-state index is 0.259. The summed E-state index contributed by atoms with van der Waals surface area (Å²) in [6, 6.07) is 11.0. The van der Waals surface area contributed by atoms with Gasteiger partial charge in [0.25, 0.3) is 5.56 Å². The van der Waals surface area contributed by atoms with Crippen LogP contribution in [0.5, 0.6) is 11.5 Å². The molecular formula is C20H13Br2N3O4S. The molecule has 2 heterocycles. The fourth-order valence-electron chi connectivity index (χ4n) is 2.77. The average Bonchev–Trinajstić information content (AvgIpc) is 3.24. The van der Waals surface area contributed by atoms with Crippen molar-refractivity contribution in [3.8, 4) is 22.9 Å². The maximum atomic E-state index is 12.8. The number of ether oxygens (including phenoxy) is 2. The van der Waals surface area contributed by atoms with Gasteiger partial charge in [-0.3, -0.25) is 9.59 Å². The number of hydrogen-bond acceptors (Lipinski definition) is 7. The molecule has 0 saturated carbocycles. The number of carbonyl (C=O) groups is 1. The summed E-state index contributed by atoms with van der Waals surface area (Å²) < 4.78 is 13.8. The average molecular weight is 551 g/mol. The lowest BCUT2D eigenvalue weighted by atomic mass is 10.2. The predicted octanol–water partition coefficient (Wildman–Crippen LogP) is 3.82. The van der Waals surface area contributed by atoms with Crippen LogP contribution in [0.4, 0.5) is 0 Å². The Morgan fingerprint density at radius 1 is 1.20 bits per heavy atom. The number of aromatic nitrogens is 3. The van der Waals surface area contributed by atoms with E-state index < -0.39 is 5.97 Å². The number of rotatable bonds is 4. The minimum Gasteiger partial charge on any atom is -0.493 e. The summed E-state index contributed by atoms with van der Waals surface area (Å²) >= 11 is 8.02. The third-order valence-corrected chi connectivity index (χ3v) is 6.16. The number of fused-ring (bicyclic) bond motifs is 1. The Labute approximate surface area is 191 Å². The quantitative estimate of drug-likeness (QED) is 0.284. The zero-order valence-electron chi connectivity index (χ0n) is 15.7. The van der Waals surface area contributed by atoms with Gasteiger partial charge in [0.05, 0.1) is 16.1 Å². The van der Waals surface area contributed by atoms with Crippen LogP contribution < -0.4 is 19.6 Å². The zero-order chi connectivity index (χ0) is 21.4. The van der Waals surface area contributed by atoms with E-state index in [1.807, 2.05) is 24.3 Å². The second kappa shape index (κ2) is 8.29. The van der Waals surface area contributed by atoms with Crippen molar-refractivity contribution in [3.05, 3.63) is 65.8 Å². The zero-order valence-corrected chi connectivity index (χ0v) is 19.7. The Bertz CT molecular complexity index is 1380. The van der Waals surface area contributed by atoms with Gasteiger partial charge in [-0.2, -0.15) is 9.50 Å². The normalized spacial score (nSPS) is 11.8. The molecule has 2 aromatic heterocycles. The van der Waals surface area contributed by atoms with Gasteiger partial charge >= 0.3 is 5.97 Å². The van der Waals surface area contributed by atoms with Gasteiger partial charge in [0, 0.05) is 17.0 Å². The Kier molecular flexibility index (Phi) is 5.72. The van der Waals surface area contributed by atoms with Gasteiger partial charge in [-0.1, -0.05) is 39.4 Å². The number of benzene rings is 2. The number of nitrogens with zero attached hydrogens (tertiary/aromatic N) is 3. The predicted molar refractivity (Wildman–Crippen MR) is 121 cm³/mol. The third-order valence-electron chi connectivity index (χ3n) is 4.08. The van der Waals surface area contributed by atoms with E-state index >= 15 is 0 Å². The van der Waals surface area contributed by atoms with Crippen molar-refractivity contribution in [3.63, 3.8) is 0 Å². The van der Waals surface area contributed by atoms with Gasteiger partial charge in [-0.25, -0.2) is 0 Å². The number of halogens is 2. The summed E-state index contributed by atoms with van der Waals surface area (Å²) in [6.45, 7) is 1.31. The van der Waals surface area contributed by atoms with E-state index in [2.05, 4.69) is 41.9 Å². The maximum absolute atomic E-state index is 12.8. The van der Waals surface area contributed by atoms with Gasteiger partial charge in [-0.15, -0.1) is 5.10 Å². The van der Waals surface area contributed by atoms with Crippen LogP contribution in [-0.4, -0.2) is 27.7 Å². The number of hydrogen-bond donors (Lipinski definition) is 0. The molecule has 30 heavy (non-hydrogen) atoms. The van der Waals surface area contributed by atoms with Gasteiger partial charge in [-0.05, 0) is 51.8 Å². The van der Waals surface area contributed by atoms with Crippen molar-refractivity contribution < 1.29 is 14.3 Å². The Hall–Kier alpha value is -2.56. The second-order valence-electron chi connectivity index (χ2n) is 6.18. The van der Waals surface area contributed by atoms with Crippen LogP contribution in [0.1, 0.15) is 12.5 Å². The Balaban J connectivity index is 1.76. The monoisotopic (exact) mass is 549 g/mol. The van der Waals surface area contributed by atoms with Crippen molar-refractivity contribution in [2.45, 2.75) is 6.92 Å². The lowest BCUT2D eigenvalue weighted by molar-refractivity contribution is -0.132. The number of carbonyl (C=O) groups excluding carboxylic acids is 1. The van der Waals surface area contributed by atoms with Crippen LogP contribution >= 0.6 is 43.2 Å². The molecule has 0 aliphatic carbocycles. The van der Waals surface area contributed by atoms with Crippen LogP contribution in [0.2, 0.25) is 0 Å². The topological polar surface area (TPSA) is 82.8 Å². The van der Waals surface area contributed by atoms with Crippen LogP contribution in [0.3, 0.4) is 0 Å². The highest BCUT2D eigenvalue weighted by atomic mass is 79.9. The molecule has 0 aliphatic heterocycles. The molecule has 0 unspecified atom stereocenters. The molecule has 0 fully saturated rings. The van der Waals surface area contributed by atoms with E-state index in [0.717, 1.165) is 10.0 Å². The van der Waals surface area contributed by atoms with Gasteiger partial charge < -0.3 is 9.47 Å². The Morgan fingerprint density at radius 3 is 2.57 bits per heavy atom. The molecule has 0 bridgehead atoms. The maximum Gasteiger partial charge on any atom is 0.308 e. The largest absolute Gasteiger partial charge is 0.493 e. The minimum atomic E-state index is -0.459. The lowest BCUT2D eigenvalue weighted by Crippen LogP contribution is -2.23. The number of thiazole rings is 1. The highest BCUT2D eigenvalue weighted by molar-refractivity contribution is 9.10. The van der Waals surface area contributed by atoms with Crippen LogP contribution in [0, 0.1) is 0 Å². The molecule has 2 aromatic carbocycles. The first-order valence-electron chi connectivity index (χ1n) is 8.59. The molecule has 0 spiro atoms. The highest BCUT2D eigenvalue weighted by Crippen LogP contribution is 2.37. The summed E-state index contributed by atoms with van der Waals surface area (Å²) in [4.78, 5) is 29.1. The smallest absolute Gasteiger partial charge is 0.308 e. The molecule has 0 N–H and O–H groups in total. The molecule has 0 aliphatic rings. The first-order chi connectivity index (χ1) is 14.4. The SMILES string of the molecule is COc1cc(/C=c2\sc3nc(-c4ccc(Br)cc4)nn3c2=O)cc(Br)c1OC(C)=O. The molecule has 152 valence electrons. The molecular weight excluding hydrogens is 538 g/mol. The van der Waals surface area contributed by atoms with Gasteiger partial charge in [0.1, 0.15) is 0 Å². The lowest BCUT2D eigenvalue weighted by Gasteiger charge is -2.10. The standard InChI is InChI=1S/C20H13Br2N3O4S/c1-10(26)29-17-14(22)7-11(8-15(17)28-2)9-16-19(27)25-20(30-16)23-18(24-25)12-3-5-13(21)6-4-12/h3-9H,1-2H3/b16-9-. The van der Waals surface area contributed by atoms with Gasteiger partial charge in [0.15, 0.2) is 17.3 Å². The fraction of sp³-hybridized carbons (Fsp3) is 0.100. The van der Waals surface area contributed by atoms with Crippen molar-refractivity contribution in [2.24, 2.45) is 0 Å². The summed E-state index contributed by atoms with van der Waals surface area (Å²) in [7, 11) is 1.48. The molecule has 0 saturated heterocycles. The van der Waals surface area contributed by atoms with Crippen LogP contribution in [0.25, 0.3) is 22.4 Å². The Morgan fingerprint density at radius 2 is 1.93 bits per heavy atom. The molecule has 7 nitrogen and oxygen atoms in total. The van der Waals surface area contributed by atoms with Crippen molar-refractivity contribution in [1.29, 1.82) is 0 Å². The van der Waals surface area contributed by atoms with E-state index in [4.69, 9.17) is 9.47 Å². The van der Waals surface area contributed by atoms with E-state index in [-0.39, 0.29) is 11.3 Å². The summed E-state index contributed by atoms with van der Waals surface area (Å²) in [6.07, 6.45) is 1.72. The second-order valence-corrected chi connectivity index (χ2v) is 8.96. The summed E-state index contributed by atoms with van der Waals surface area (Å²) in [5, 5.41) is 4.35. The highest BCUT2D eigenvalue weighted by Gasteiger charge is 2.15. The molecule has 4 aromatic rings. The van der Waals surface area contributed by atoms with Crippen LogP contribution in [0.15, 0.2) is 50.1 Å². The van der Waals surface area contributed by atoms with Gasteiger partial charge in [0.2, 0.25) is 4.96 Å².